The second-order valence-corrected chi connectivity index (χ2v) is 5.72. The lowest BCUT2D eigenvalue weighted by Crippen LogP contribution is -2.08. The van der Waals surface area contributed by atoms with Crippen LogP contribution in [0, 0.1) is 0 Å². The first-order valence-electron chi connectivity index (χ1n) is 7.19. The van der Waals surface area contributed by atoms with Crippen molar-refractivity contribution < 1.29 is 5.11 Å². The lowest BCUT2D eigenvalue weighted by molar-refractivity contribution is 0.413. The quantitative estimate of drug-likeness (QED) is 0.761. The Bertz CT molecular complexity index is 402. The Kier molecular flexibility index (Phi) is 3.09. The molecule has 0 aromatic heterocycles. The van der Waals surface area contributed by atoms with Gasteiger partial charge in [-0.1, -0.05) is 25.3 Å². The summed E-state index contributed by atoms with van der Waals surface area (Å²) in [5, 5.41) is 10.2. The third-order valence-electron chi connectivity index (χ3n) is 4.54. The zero-order chi connectivity index (χ0) is 11.7. The first-order valence-corrected chi connectivity index (χ1v) is 7.19. The average Bonchev–Trinajstić information content (AvgIpc) is 2.39. The van der Waals surface area contributed by atoms with Gasteiger partial charge < -0.3 is 5.11 Å². The fourth-order valence-electron chi connectivity index (χ4n) is 3.53. The van der Waals surface area contributed by atoms with Gasteiger partial charge in [0.15, 0.2) is 0 Å². The van der Waals surface area contributed by atoms with Crippen molar-refractivity contribution in [1.29, 1.82) is 0 Å². The molecule has 2 aliphatic rings. The molecule has 0 atom stereocenters. The van der Waals surface area contributed by atoms with E-state index < -0.39 is 0 Å². The minimum atomic E-state index is 0.567. The smallest absolute Gasteiger partial charge is 0.119 e. The summed E-state index contributed by atoms with van der Waals surface area (Å²) in [6.45, 7) is 0. The van der Waals surface area contributed by atoms with Crippen molar-refractivity contribution in [3.05, 3.63) is 28.8 Å². The first kappa shape index (κ1) is 11.1. The fraction of sp³-hybridized carbons (Fsp3) is 0.625. The molecule has 0 bridgehead atoms. The molecule has 0 radical (unpaired) electrons. The van der Waals surface area contributed by atoms with Gasteiger partial charge >= 0.3 is 0 Å². The topological polar surface area (TPSA) is 20.2 Å². The second-order valence-electron chi connectivity index (χ2n) is 5.72. The Morgan fingerprint density at radius 1 is 0.824 bits per heavy atom. The molecule has 2 aliphatic carbocycles. The molecule has 3 rings (SSSR count). The molecule has 0 heterocycles. The molecule has 1 aromatic carbocycles. The third-order valence-corrected chi connectivity index (χ3v) is 4.54. The van der Waals surface area contributed by atoms with E-state index in [-0.39, 0.29) is 0 Å². The van der Waals surface area contributed by atoms with E-state index in [0.29, 0.717) is 11.7 Å². The summed E-state index contributed by atoms with van der Waals surface area (Å²) in [5.74, 6) is 1.19. The maximum Gasteiger partial charge on any atom is 0.119 e. The highest BCUT2D eigenvalue weighted by Crippen LogP contribution is 2.39. The molecular formula is C16H22O. The van der Waals surface area contributed by atoms with Crippen molar-refractivity contribution in [1.82, 2.24) is 0 Å². The van der Waals surface area contributed by atoms with Crippen LogP contribution >= 0.6 is 0 Å². The summed E-state index contributed by atoms with van der Waals surface area (Å²) in [4.78, 5) is 0. The summed E-state index contributed by atoms with van der Waals surface area (Å²) in [6, 6.07) is 4.37. The predicted molar refractivity (Wildman–Crippen MR) is 70.6 cm³/mol. The molecule has 0 spiro atoms. The van der Waals surface area contributed by atoms with Crippen LogP contribution in [0.4, 0.5) is 0 Å². The number of fused-ring (bicyclic) bond motifs is 1. The largest absolute Gasteiger partial charge is 0.508 e. The van der Waals surface area contributed by atoms with E-state index in [1.165, 1.54) is 68.1 Å². The Hall–Kier alpha value is -0.980. The third kappa shape index (κ3) is 2.20. The zero-order valence-electron chi connectivity index (χ0n) is 10.5. The summed E-state index contributed by atoms with van der Waals surface area (Å²) in [6.07, 6.45) is 11.6. The van der Waals surface area contributed by atoms with E-state index in [9.17, 15) is 5.11 Å². The zero-order valence-corrected chi connectivity index (χ0v) is 10.5. The fourth-order valence-corrected chi connectivity index (χ4v) is 3.53. The Balaban J connectivity index is 1.93. The van der Waals surface area contributed by atoms with Crippen LogP contribution in [0.2, 0.25) is 0 Å². The van der Waals surface area contributed by atoms with E-state index >= 15 is 0 Å². The number of rotatable bonds is 1. The summed E-state index contributed by atoms with van der Waals surface area (Å²) >= 11 is 0. The van der Waals surface area contributed by atoms with Crippen LogP contribution in [-0.2, 0) is 12.8 Å². The monoisotopic (exact) mass is 230 g/mol. The molecule has 1 N–H and O–H groups in total. The van der Waals surface area contributed by atoms with Gasteiger partial charge in [-0.15, -0.1) is 0 Å². The number of phenols is 1. The van der Waals surface area contributed by atoms with Gasteiger partial charge in [0.25, 0.3) is 0 Å². The highest BCUT2D eigenvalue weighted by Gasteiger charge is 2.21. The van der Waals surface area contributed by atoms with Gasteiger partial charge in [-0.2, -0.15) is 0 Å². The number of hydrogen-bond donors (Lipinski definition) is 1. The highest BCUT2D eigenvalue weighted by atomic mass is 16.3. The summed E-state index contributed by atoms with van der Waals surface area (Å²) in [5.41, 5.74) is 4.15. The van der Waals surface area contributed by atoms with Gasteiger partial charge in [0.05, 0.1) is 0 Å². The molecule has 1 heteroatoms. The minimum absolute atomic E-state index is 0.567. The van der Waals surface area contributed by atoms with Gasteiger partial charge in [-0.25, -0.2) is 0 Å². The normalized spacial score (nSPS) is 21.2. The SMILES string of the molecule is Oc1cc2c(cc1C1CCCCC1)CCCC2. The van der Waals surface area contributed by atoms with E-state index in [0.717, 1.165) is 6.42 Å². The lowest BCUT2D eigenvalue weighted by atomic mass is 9.81. The molecule has 1 fully saturated rings. The van der Waals surface area contributed by atoms with Crippen molar-refractivity contribution in [2.75, 3.05) is 0 Å². The molecule has 0 unspecified atom stereocenters. The van der Waals surface area contributed by atoms with Crippen LogP contribution in [0.15, 0.2) is 12.1 Å². The highest BCUT2D eigenvalue weighted by molar-refractivity contribution is 5.44. The van der Waals surface area contributed by atoms with Crippen molar-refractivity contribution >= 4 is 0 Å². The minimum Gasteiger partial charge on any atom is -0.508 e. The summed E-state index contributed by atoms with van der Waals surface area (Å²) < 4.78 is 0. The van der Waals surface area contributed by atoms with Crippen molar-refractivity contribution in [3.63, 3.8) is 0 Å². The molecule has 1 aromatic rings. The molecule has 1 nitrogen and oxygen atoms in total. The van der Waals surface area contributed by atoms with Crippen molar-refractivity contribution in [2.24, 2.45) is 0 Å². The van der Waals surface area contributed by atoms with Gasteiger partial charge in [-0.3, -0.25) is 0 Å². The van der Waals surface area contributed by atoms with Crippen LogP contribution in [-0.4, -0.2) is 5.11 Å². The number of phenolic OH excluding ortho intramolecular Hbond substituents is 1. The van der Waals surface area contributed by atoms with Crippen molar-refractivity contribution in [3.8, 4) is 5.75 Å². The van der Waals surface area contributed by atoms with Crippen LogP contribution in [0.5, 0.6) is 5.75 Å². The van der Waals surface area contributed by atoms with Gasteiger partial charge in [0.2, 0.25) is 0 Å². The first-order chi connectivity index (χ1) is 8.34. The number of hydrogen-bond acceptors (Lipinski definition) is 1. The van der Waals surface area contributed by atoms with Crippen LogP contribution < -0.4 is 0 Å². The van der Waals surface area contributed by atoms with Crippen molar-refractivity contribution in [2.45, 2.75) is 63.7 Å². The number of benzene rings is 1. The summed E-state index contributed by atoms with van der Waals surface area (Å²) in [7, 11) is 0. The maximum absolute atomic E-state index is 10.2. The van der Waals surface area contributed by atoms with E-state index in [2.05, 4.69) is 12.1 Å². The molecule has 17 heavy (non-hydrogen) atoms. The van der Waals surface area contributed by atoms with Crippen LogP contribution in [0.1, 0.15) is 67.6 Å². The van der Waals surface area contributed by atoms with Gasteiger partial charge in [-0.05, 0) is 67.2 Å². The van der Waals surface area contributed by atoms with Gasteiger partial charge in [0.1, 0.15) is 5.75 Å². The predicted octanol–water partition coefficient (Wildman–Crippen LogP) is 4.32. The molecule has 92 valence electrons. The molecule has 0 amide bonds. The standard InChI is InChI=1S/C16H22O/c17-16-11-14-9-5-4-8-13(14)10-15(16)12-6-2-1-3-7-12/h10-12,17H,1-9H2. The second kappa shape index (κ2) is 4.72. The molecular weight excluding hydrogens is 208 g/mol. The molecule has 1 saturated carbocycles. The number of aromatic hydroxyl groups is 1. The Morgan fingerprint density at radius 2 is 1.47 bits per heavy atom. The lowest BCUT2D eigenvalue weighted by Gasteiger charge is -2.25. The molecule has 0 saturated heterocycles. The van der Waals surface area contributed by atoms with Gasteiger partial charge in [0, 0.05) is 0 Å². The number of aryl methyl sites for hydroxylation is 2. The Labute approximate surface area is 104 Å². The Morgan fingerprint density at radius 3 is 2.18 bits per heavy atom. The average molecular weight is 230 g/mol. The molecule has 0 aliphatic heterocycles. The van der Waals surface area contributed by atoms with Crippen LogP contribution in [0.3, 0.4) is 0 Å². The van der Waals surface area contributed by atoms with E-state index in [4.69, 9.17) is 0 Å². The van der Waals surface area contributed by atoms with Crippen LogP contribution in [0.25, 0.3) is 0 Å². The van der Waals surface area contributed by atoms with E-state index in [1.54, 1.807) is 0 Å². The van der Waals surface area contributed by atoms with E-state index in [1.807, 2.05) is 0 Å². The maximum atomic E-state index is 10.2.